The maximum atomic E-state index is 5.85. The van der Waals surface area contributed by atoms with Crippen LogP contribution in [0.5, 0.6) is 0 Å². The minimum Gasteiger partial charge on any atom is -0.247 e. The van der Waals surface area contributed by atoms with Gasteiger partial charge in [0.1, 0.15) is 5.03 Å². The molecule has 1 heterocycles. The highest BCUT2D eigenvalue weighted by molar-refractivity contribution is 9.10. The highest BCUT2D eigenvalue weighted by Crippen LogP contribution is 2.29. The molecular weight excluding hydrogens is 318 g/mol. The van der Waals surface area contributed by atoms with Gasteiger partial charge in [-0.05, 0) is 34.5 Å². The number of aryl methyl sites for hydroxylation is 1. The highest BCUT2D eigenvalue weighted by Gasteiger charge is 2.04. The molecule has 2 rings (SSSR count). The molecule has 0 aliphatic rings. The van der Waals surface area contributed by atoms with E-state index >= 15 is 0 Å². The van der Waals surface area contributed by atoms with E-state index in [-0.39, 0.29) is 0 Å². The first-order valence-corrected chi connectivity index (χ1v) is 7.30. The minimum atomic E-state index is 0.650. The standard InChI is InChI=1S/C13H11BrClNS/c1-9-3-2-4-10(5-9)8-17-13-12(14)6-11(15)7-16-13/h2-7H,8H2,1H3. The molecule has 1 aromatic heterocycles. The van der Waals surface area contributed by atoms with Crippen LogP contribution >= 0.6 is 39.3 Å². The summed E-state index contributed by atoms with van der Waals surface area (Å²) in [7, 11) is 0. The Morgan fingerprint density at radius 3 is 2.88 bits per heavy atom. The van der Waals surface area contributed by atoms with Gasteiger partial charge in [-0.2, -0.15) is 0 Å². The maximum absolute atomic E-state index is 5.85. The molecule has 2 aromatic rings. The third-order valence-corrected chi connectivity index (χ3v) is 4.38. The Labute approximate surface area is 119 Å². The Bertz CT molecular complexity index is 531. The topological polar surface area (TPSA) is 12.9 Å². The molecule has 0 aliphatic carbocycles. The predicted molar refractivity (Wildman–Crippen MR) is 77.7 cm³/mol. The summed E-state index contributed by atoms with van der Waals surface area (Å²) >= 11 is 11.0. The zero-order valence-electron chi connectivity index (χ0n) is 9.28. The summed E-state index contributed by atoms with van der Waals surface area (Å²) in [5.74, 6) is 0.912. The van der Waals surface area contributed by atoms with Crippen molar-refractivity contribution in [1.82, 2.24) is 4.98 Å². The van der Waals surface area contributed by atoms with Gasteiger partial charge in [-0.3, -0.25) is 0 Å². The molecule has 0 atom stereocenters. The molecule has 1 nitrogen and oxygen atoms in total. The predicted octanol–water partition coefficient (Wildman–Crippen LogP) is 5.10. The molecule has 17 heavy (non-hydrogen) atoms. The lowest BCUT2D eigenvalue weighted by atomic mass is 10.2. The van der Waals surface area contributed by atoms with Crippen LogP contribution in [0.15, 0.2) is 46.0 Å². The fourth-order valence-corrected chi connectivity index (χ4v) is 3.25. The van der Waals surface area contributed by atoms with Crippen molar-refractivity contribution < 1.29 is 0 Å². The summed E-state index contributed by atoms with van der Waals surface area (Å²) in [6.45, 7) is 2.10. The summed E-state index contributed by atoms with van der Waals surface area (Å²) < 4.78 is 0.947. The average Bonchev–Trinajstić information content (AvgIpc) is 2.28. The summed E-state index contributed by atoms with van der Waals surface area (Å²) in [6.07, 6.45) is 1.67. The van der Waals surface area contributed by atoms with Crippen LogP contribution in [0.3, 0.4) is 0 Å². The van der Waals surface area contributed by atoms with E-state index in [1.54, 1.807) is 18.0 Å². The minimum absolute atomic E-state index is 0.650. The number of halogens is 2. The molecule has 0 radical (unpaired) electrons. The largest absolute Gasteiger partial charge is 0.247 e. The summed E-state index contributed by atoms with van der Waals surface area (Å²) in [6, 6.07) is 10.4. The Morgan fingerprint density at radius 2 is 2.18 bits per heavy atom. The quantitative estimate of drug-likeness (QED) is 0.727. The van der Waals surface area contributed by atoms with E-state index in [0.717, 1.165) is 15.3 Å². The molecule has 0 amide bonds. The van der Waals surface area contributed by atoms with Crippen LogP contribution in [-0.2, 0) is 5.75 Å². The molecule has 4 heteroatoms. The Balaban J connectivity index is 2.07. The summed E-state index contributed by atoms with van der Waals surface area (Å²) in [5.41, 5.74) is 2.59. The zero-order chi connectivity index (χ0) is 12.3. The van der Waals surface area contributed by atoms with Gasteiger partial charge in [0.2, 0.25) is 0 Å². The van der Waals surface area contributed by atoms with Crippen LogP contribution in [0.1, 0.15) is 11.1 Å². The van der Waals surface area contributed by atoms with Crippen molar-refractivity contribution in [1.29, 1.82) is 0 Å². The lowest BCUT2D eigenvalue weighted by Crippen LogP contribution is -1.85. The van der Waals surface area contributed by atoms with Crippen LogP contribution in [0, 0.1) is 6.92 Å². The molecule has 0 spiro atoms. The van der Waals surface area contributed by atoms with Crippen molar-refractivity contribution in [3.63, 3.8) is 0 Å². The van der Waals surface area contributed by atoms with E-state index in [1.807, 2.05) is 6.07 Å². The van der Waals surface area contributed by atoms with Gasteiger partial charge in [0, 0.05) is 11.9 Å². The van der Waals surface area contributed by atoms with Crippen LogP contribution < -0.4 is 0 Å². The zero-order valence-corrected chi connectivity index (χ0v) is 12.4. The van der Waals surface area contributed by atoms with Gasteiger partial charge in [0.25, 0.3) is 0 Å². The SMILES string of the molecule is Cc1cccc(CSc2ncc(Cl)cc2Br)c1. The molecule has 0 fully saturated rings. The fourth-order valence-electron chi connectivity index (χ4n) is 1.46. The van der Waals surface area contributed by atoms with Crippen LogP contribution in [-0.4, -0.2) is 4.98 Å². The van der Waals surface area contributed by atoms with E-state index in [4.69, 9.17) is 11.6 Å². The number of thioether (sulfide) groups is 1. The van der Waals surface area contributed by atoms with Crippen LogP contribution in [0.4, 0.5) is 0 Å². The molecule has 0 bridgehead atoms. The first-order valence-electron chi connectivity index (χ1n) is 5.14. The third-order valence-electron chi connectivity index (χ3n) is 2.23. The average molecular weight is 329 g/mol. The number of hydrogen-bond acceptors (Lipinski definition) is 2. The van der Waals surface area contributed by atoms with Gasteiger partial charge in [0.05, 0.1) is 9.50 Å². The van der Waals surface area contributed by atoms with Crippen molar-refractivity contribution in [2.75, 3.05) is 0 Å². The molecule has 0 unspecified atom stereocenters. The van der Waals surface area contributed by atoms with Gasteiger partial charge in [0.15, 0.2) is 0 Å². The van der Waals surface area contributed by atoms with Gasteiger partial charge in [-0.1, -0.05) is 41.4 Å². The van der Waals surface area contributed by atoms with Crippen molar-refractivity contribution in [3.05, 3.63) is 57.2 Å². The van der Waals surface area contributed by atoms with Gasteiger partial charge in [-0.25, -0.2) is 4.98 Å². The Kier molecular flexibility index (Phi) is 4.48. The van der Waals surface area contributed by atoms with E-state index < -0.39 is 0 Å². The Hall–Kier alpha value is -0.510. The normalized spacial score (nSPS) is 10.5. The van der Waals surface area contributed by atoms with E-state index in [2.05, 4.69) is 52.1 Å². The maximum Gasteiger partial charge on any atom is 0.111 e. The van der Waals surface area contributed by atoms with Crippen molar-refractivity contribution >= 4 is 39.3 Å². The molecule has 88 valence electrons. The summed E-state index contributed by atoms with van der Waals surface area (Å²) in [5, 5.41) is 1.62. The van der Waals surface area contributed by atoms with Gasteiger partial charge in [-0.15, -0.1) is 11.8 Å². The molecule has 0 saturated heterocycles. The number of hydrogen-bond donors (Lipinski definition) is 0. The van der Waals surface area contributed by atoms with Crippen molar-refractivity contribution in [2.24, 2.45) is 0 Å². The van der Waals surface area contributed by atoms with Crippen molar-refractivity contribution in [2.45, 2.75) is 17.7 Å². The fraction of sp³-hybridized carbons (Fsp3) is 0.154. The third kappa shape index (κ3) is 3.73. The molecule has 0 saturated carbocycles. The molecule has 0 aliphatic heterocycles. The number of nitrogens with zero attached hydrogens (tertiary/aromatic N) is 1. The number of rotatable bonds is 3. The summed E-state index contributed by atoms with van der Waals surface area (Å²) in [4.78, 5) is 4.30. The van der Waals surface area contributed by atoms with Crippen LogP contribution in [0.25, 0.3) is 0 Å². The first-order chi connectivity index (χ1) is 8.15. The van der Waals surface area contributed by atoms with E-state index in [9.17, 15) is 0 Å². The van der Waals surface area contributed by atoms with E-state index in [1.165, 1.54) is 11.1 Å². The second kappa shape index (κ2) is 5.89. The highest BCUT2D eigenvalue weighted by atomic mass is 79.9. The second-order valence-corrected chi connectivity index (χ2v) is 5.97. The van der Waals surface area contributed by atoms with Gasteiger partial charge < -0.3 is 0 Å². The van der Waals surface area contributed by atoms with E-state index in [0.29, 0.717) is 5.02 Å². The lowest BCUT2D eigenvalue weighted by Gasteiger charge is -2.04. The van der Waals surface area contributed by atoms with Crippen LogP contribution in [0.2, 0.25) is 5.02 Å². The number of pyridine rings is 1. The number of aromatic nitrogens is 1. The molecule has 0 N–H and O–H groups in total. The lowest BCUT2D eigenvalue weighted by molar-refractivity contribution is 1.11. The van der Waals surface area contributed by atoms with Gasteiger partial charge >= 0.3 is 0 Å². The Morgan fingerprint density at radius 1 is 1.35 bits per heavy atom. The second-order valence-electron chi connectivity index (χ2n) is 3.72. The number of benzene rings is 1. The smallest absolute Gasteiger partial charge is 0.111 e. The molecular formula is C13H11BrClNS. The molecule has 1 aromatic carbocycles. The monoisotopic (exact) mass is 327 g/mol. The van der Waals surface area contributed by atoms with Crippen molar-refractivity contribution in [3.8, 4) is 0 Å². The first kappa shape index (κ1) is 12.9.